The van der Waals surface area contributed by atoms with Crippen molar-refractivity contribution in [2.24, 2.45) is 5.92 Å². The minimum absolute atomic E-state index is 0.106. The summed E-state index contributed by atoms with van der Waals surface area (Å²) >= 11 is 0. The average Bonchev–Trinajstić information content (AvgIpc) is 2.65. The van der Waals surface area contributed by atoms with Gasteiger partial charge >= 0.3 is 0 Å². The number of aliphatic hydroxyl groups excluding tert-OH is 1. The maximum atomic E-state index is 11.7. The predicted octanol–water partition coefficient (Wildman–Crippen LogP) is 4.51. The van der Waals surface area contributed by atoms with Gasteiger partial charge < -0.3 is 10.4 Å². The molecule has 0 aromatic carbocycles. The Morgan fingerprint density at radius 2 is 1.30 bits per heavy atom. The molecule has 0 radical (unpaired) electrons. The second kappa shape index (κ2) is 15.4. The van der Waals surface area contributed by atoms with E-state index in [4.69, 9.17) is 0 Å². The standard InChI is InChI=1S/C24H29NO2/c1-22-17-13-9-5-2-3-6-10-14-18-23(26)19-15-11-7-4-8-12-16-20-24(27)25-21-22/h2-18,20,22-23,26H,19,21H2,1H3,(H,25,27). The molecule has 0 bridgehead atoms. The van der Waals surface area contributed by atoms with Crippen LogP contribution in [0.25, 0.3) is 0 Å². The number of nitrogens with one attached hydrogen (secondary N) is 1. The summed E-state index contributed by atoms with van der Waals surface area (Å²) in [6.07, 6.45) is 33.6. The van der Waals surface area contributed by atoms with Crippen molar-refractivity contribution in [3.8, 4) is 0 Å². The zero-order chi connectivity index (χ0) is 19.6. The third-order valence-corrected chi connectivity index (χ3v) is 3.47. The third kappa shape index (κ3) is 14.0. The van der Waals surface area contributed by atoms with Crippen LogP contribution in [0.2, 0.25) is 0 Å². The first-order valence-electron chi connectivity index (χ1n) is 9.16. The maximum Gasteiger partial charge on any atom is 0.243 e. The molecule has 3 nitrogen and oxygen atoms in total. The van der Waals surface area contributed by atoms with Crippen LogP contribution in [0, 0.1) is 5.92 Å². The molecule has 2 unspecified atom stereocenters. The first kappa shape index (κ1) is 22.1. The molecule has 1 rings (SSSR count). The van der Waals surface area contributed by atoms with Gasteiger partial charge in [0.2, 0.25) is 5.91 Å². The lowest BCUT2D eigenvalue weighted by atomic mass is 10.1. The summed E-state index contributed by atoms with van der Waals surface area (Å²) in [7, 11) is 0. The number of rotatable bonds is 0. The largest absolute Gasteiger partial charge is 0.389 e. The Labute approximate surface area is 162 Å². The van der Waals surface area contributed by atoms with Gasteiger partial charge in [-0.25, -0.2) is 0 Å². The van der Waals surface area contributed by atoms with Crippen LogP contribution in [-0.4, -0.2) is 23.7 Å². The molecule has 0 saturated heterocycles. The molecule has 0 spiro atoms. The van der Waals surface area contributed by atoms with Gasteiger partial charge in [0.1, 0.15) is 0 Å². The van der Waals surface area contributed by atoms with E-state index in [-0.39, 0.29) is 11.8 Å². The van der Waals surface area contributed by atoms with Crippen molar-refractivity contribution in [3.63, 3.8) is 0 Å². The number of carbonyl (C=O) groups is 1. The molecule has 1 aliphatic rings. The summed E-state index contributed by atoms with van der Waals surface area (Å²) in [5, 5.41) is 12.7. The lowest BCUT2D eigenvalue weighted by Crippen LogP contribution is -2.25. The van der Waals surface area contributed by atoms with Gasteiger partial charge in [0, 0.05) is 12.6 Å². The van der Waals surface area contributed by atoms with Gasteiger partial charge in [0.05, 0.1) is 6.10 Å². The molecule has 0 saturated carbocycles. The van der Waals surface area contributed by atoms with Gasteiger partial charge in [-0.05, 0) is 12.3 Å². The van der Waals surface area contributed by atoms with Crippen molar-refractivity contribution < 1.29 is 9.90 Å². The molecular formula is C24H29NO2. The summed E-state index contributed by atoms with van der Waals surface area (Å²) in [6, 6.07) is 0. The van der Waals surface area contributed by atoms with Crippen LogP contribution in [0.15, 0.2) is 109 Å². The first-order valence-corrected chi connectivity index (χ1v) is 9.16. The monoisotopic (exact) mass is 363 g/mol. The van der Waals surface area contributed by atoms with E-state index < -0.39 is 6.10 Å². The van der Waals surface area contributed by atoms with Crippen molar-refractivity contribution >= 4 is 5.91 Å². The van der Waals surface area contributed by atoms with Crippen molar-refractivity contribution in [1.82, 2.24) is 5.32 Å². The fraction of sp³-hybridized carbons (Fsp3) is 0.208. The maximum absolute atomic E-state index is 11.7. The highest BCUT2D eigenvalue weighted by atomic mass is 16.3. The SMILES string of the molecule is CC1C=CC=CC=CC=CC=CC(O)CC=CC=CC=CC=CC(=O)NC1. The topological polar surface area (TPSA) is 49.3 Å². The highest BCUT2D eigenvalue weighted by Crippen LogP contribution is 1.98. The molecular weight excluding hydrogens is 334 g/mol. The molecule has 1 amide bonds. The van der Waals surface area contributed by atoms with Gasteiger partial charge in [0.15, 0.2) is 0 Å². The van der Waals surface area contributed by atoms with Crippen LogP contribution < -0.4 is 5.32 Å². The highest BCUT2D eigenvalue weighted by Gasteiger charge is 1.98. The van der Waals surface area contributed by atoms with E-state index in [1.807, 2.05) is 85.1 Å². The van der Waals surface area contributed by atoms with E-state index in [2.05, 4.69) is 12.2 Å². The average molecular weight is 364 g/mol. The van der Waals surface area contributed by atoms with Crippen LogP contribution >= 0.6 is 0 Å². The van der Waals surface area contributed by atoms with Crippen molar-refractivity contribution in [2.75, 3.05) is 6.54 Å². The van der Waals surface area contributed by atoms with E-state index in [1.165, 1.54) is 6.08 Å². The van der Waals surface area contributed by atoms with Gasteiger partial charge in [-0.1, -0.05) is 110 Å². The number of hydrogen-bond acceptors (Lipinski definition) is 2. The second-order valence-corrected chi connectivity index (χ2v) is 6.01. The smallest absolute Gasteiger partial charge is 0.243 e. The molecule has 0 aliphatic carbocycles. The Morgan fingerprint density at radius 3 is 1.96 bits per heavy atom. The lowest BCUT2D eigenvalue weighted by Gasteiger charge is -2.05. The normalized spacial score (nSPS) is 22.7. The summed E-state index contributed by atoms with van der Waals surface area (Å²) in [6.45, 7) is 2.65. The van der Waals surface area contributed by atoms with E-state index >= 15 is 0 Å². The van der Waals surface area contributed by atoms with Gasteiger partial charge in [0.25, 0.3) is 0 Å². The van der Waals surface area contributed by atoms with Crippen LogP contribution in [-0.2, 0) is 4.79 Å². The number of hydrogen-bond donors (Lipinski definition) is 2. The molecule has 0 aromatic rings. The zero-order valence-electron chi connectivity index (χ0n) is 15.8. The van der Waals surface area contributed by atoms with Gasteiger partial charge in [-0.2, -0.15) is 0 Å². The molecule has 0 fully saturated rings. The quantitative estimate of drug-likeness (QED) is 0.665. The number of carbonyl (C=O) groups excluding carboxylic acids is 1. The van der Waals surface area contributed by atoms with Crippen LogP contribution in [0.4, 0.5) is 0 Å². The third-order valence-electron chi connectivity index (χ3n) is 3.47. The molecule has 1 aliphatic heterocycles. The van der Waals surface area contributed by atoms with E-state index in [0.717, 1.165) is 0 Å². The Bertz CT molecular complexity index is 685. The van der Waals surface area contributed by atoms with E-state index in [0.29, 0.717) is 13.0 Å². The van der Waals surface area contributed by atoms with E-state index in [9.17, 15) is 9.90 Å². The Hall–Kier alpha value is -2.91. The summed E-state index contributed by atoms with van der Waals surface area (Å²) in [5.74, 6) is 0.147. The Morgan fingerprint density at radius 1 is 0.778 bits per heavy atom. The molecule has 2 N–H and O–H groups in total. The summed E-state index contributed by atoms with van der Waals surface area (Å²) in [4.78, 5) is 11.7. The Kier molecular flexibility index (Phi) is 12.6. The minimum atomic E-state index is -0.502. The Balaban J connectivity index is 2.70. The fourth-order valence-electron chi connectivity index (χ4n) is 1.99. The van der Waals surface area contributed by atoms with Crippen molar-refractivity contribution in [1.29, 1.82) is 0 Å². The molecule has 27 heavy (non-hydrogen) atoms. The number of amides is 1. The van der Waals surface area contributed by atoms with Crippen LogP contribution in [0.3, 0.4) is 0 Å². The van der Waals surface area contributed by atoms with Crippen molar-refractivity contribution in [3.05, 3.63) is 109 Å². The first-order chi connectivity index (χ1) is 13.2. The van der Waals surface area contributed by atoms with E-state index in [1.54, 1.807) is 18.2 Å². The molecule has 3 heteroatoms. The highest BCUT2D eigenvalue weighted by molar-refractivity contribution is 5.87. The minimum Gasteiger partial charge on any atom is -0.389 e. The van der Waals surface area contributed by atoms with Crippen LogP contribution in [0.1, 0.15) is 13.3 Å². The van der Waals surface area contributed by atoms with Crippen LogP contribution in [0.5, 0.6) is 0 Å². The van der Waals surface area contributed by atoms with Gasteiger partial charge in [-0.3, -0.25) is 4.79 Å². The lowest BCUT2D eigenvalue weighted by molar-refractivity contribution is -0.116. The zero-order valence-corrected chi connectivity index (χ0v) is 15.8. The second-order valence-electron chi connectivity index (χ2n) is 6.01. The number of aliphatic hydroxyl groups is 1. The van der Waals surface area contributed by atoms with Crippen molar-refractivity contribution in [2.45, 2.75) is 19.4 Å². The number of allylic oxidation sites excluding steroid dienone is 14. The summed E-state index contributed by atoms with van der Waals surface area (Å²) < 4.78 is 0. The molecule has 1 heterocycles. The fourth-order valence-corrected chi connectivity index (χ4v) is 1.99. The van der Waals surface area contributed by atoms with Gasteiger partial charge in [-0.15, -0.1) is 0 Å². The molecule has 0 aromatic heterocycles. The molecule has 2 atom stereocenters. The molecule has 142 valence electrons. The predicted molar refractivity (Wildman–Crippen MR) is 115 cm³/mol. The summed E-state index contributed by atoms with van der Waals surface area (Å²) in [5.41, 5.74) is 0.